The molecule has 0 unspecified atom stereocenters. The van der Waals surface area contributed by atoms with Crippen LogP contribution >= 0.6 is 39.0 Å². The summed E-state index contributed by atoms with van der Waals surface area (Å²) in [5.41, 5.74) is 0.840. The van der Waals surface area contributed by atoms with Crippen LogP contribution in [0.1, 0.15) is 12.8 Å². The number of sulfonamides is 1. The number of rotatable bonds is 5. The van der Waals surface area contributed by atoms with Crippen LogP contribution in [0.3, 0.4) is 0 Å². The Bertz CT molecular complexity index is 1170. The van der Waals surface area contributed by atoms with Crippen LogP contribution in [-0.2, 0) is 14.8 Å². The van der Waals surface area contributed by atoms with Gasteiger partial charge in [0.25, 0.3) is 0 Å². The summed E-state index contributed by atoms with van der Waals surface area (Å²) in [5.74, 6) is -0.330. The summed E-state index contributed by atoms with van der Waals surface area (Å²) in [5, 5.41) is 3.47. The van der Waals surface area contributed by atoms with Crippen molar-refractivity contribution in [3.8, 4) is 0 Å². The van der Waals surface area contributed by atoms with E-state index in [9.17, 15) is 13.2 Å². The standard InChI is InChI=1S/C20H20BrN3O3S3/c1-28-15-3-5-16(6-4-15)30(26,27)24-10-8-13(9-11-24)19(25)23-20-22-17-7-2-14(21)12-18(17)29-20/h2-7,12-13H,8-11H2,1H3,(H,22,23,25). The Morgan fingerprint density at radius 1 is 1.20 bits per heavy atom. The molecule has 2 heterocycles. The van der Waals surface area contributed by atoms with E-state index >= 15 is 0 Å². The van der Waals surface area contributed by atoms with E-state index in [1.165, 1.54) is 15.6 Å². The van der Waals surface area contributed by atoms with Crippen LogP contribution in [0.4, 0.5) is 5.13 Å². The number of nitrogens with one attached hydrogen (secondary N) is 1. The zero-order valence-electron chi connectivity index (χ0n) is 16.2. The summed E-state index contributed by atoms with van der Waals surface area (Å²) in [7, 11) is -3.54. The molecule has 0 spiro atoms. The van der Waals surface area contributed by atoms with E-state index in [-0.39, 0.29) is 11.8 Å². The van der Waals surface area contributed by atoms with E-state index < -0.39 is 10.0 Å². The number of hydrogen-bond acceptors (Lipinski definition) is 6. The number of nitrogens with zero attached hydrogens (tertiary/aromatic N) is 2. The lowest BCUT2D eigenvalue weighted by Gasteiger charge is -2.30. The fourth-order valence-electron chi connectivity index (χ4n) is 3.41. The lowest BCUT2D eigenvalue weighted by molar-refractivity contribution is -0.120. The number of thioether (sulfide) groups is 1. The van der Waals surface area contributed by atoms with Gasteiger partial charge in [0.1, 0.15) is 0 Å². The molecule has 1 aliphatic heterocycles. The van der Waals surface area contributed by atoms with Crippen molar-refractivity contribution in [1.29, 1.82) is 0 Å². The predicted molar refractivity (Wildman–Crippen MR) is 126 cm³/mol. The third-order valence-corrected chi connectivity index (χ3v) is 9.19. The monoisotopic (exact) mass is 525 g/mol. The number of halogens is 1. The van der Waals surface area contributed by atoms with E-state index in [1.807, 2.05) is 36.6 Å². The van der Waals surface area contributed by atoms with Crippen molar-refractivity contribution < 1.29 is 13.2 Å². The van der Waals surface area contributed by atoms with Gasteiger partial charge in [0, 0.05) is 28.4 Å². The second kappa shape index (κ2) is 8.96. The number of amides is 1. The highest BCUT2D eigenvalue weighted by atomic mass is 79.9. The van der Waals surface area contributed by atoms with E-state index in [2.05, 4.69) is 26.2 Å². The van der Waals surface area contributed by atoms with Crippen molar-refractivity contribution in [2.45, 2.75) is 22.6 Å². The topological polar surface area (TPSA) is 79.4 Å². The van der Waals surface area contributed by atoms with Gasteiger partial charge in [-0.15, -0.1) is 11.8 Å². The number of aromatic nitrogens is 1. The molecule has 30 heavy (non-hydrogen) atoms. The van der Waals surface area contributed by atoms with Crippen LogP contribution in [0.25, 0.3) is 10.2 Å². The van der Waals surface area contributed by atoms with Crippen LogP contribution in [0, 0.1) is 5.92 Å². The molecular weight excluding hydrogens is 506 g/mol. The summed E-state index contributed by atoms with van der Waals surface area (Å²) in [4.78, 5) is 18.5. The maximum Gasteiger partial charge on any atom is 0.243 e. The molecule has 1 N–H and O–H groups in total. The molecule has 4 rings (SSSR count). The molecule has 2 aromatic carbocycles. The third-order valence-electron chi connectivity index (χ3n) is 5.10. The van der Waals surface area contributed by atoms with E-state index in [0.29, 0.717) is 36.0 Å². The second-order valence-electron chi connectivity index (χ2n) is 6.97. The summed E-state index contributed by atoms with van der Waals surface area (Å²) in [6, 6.07) is 12.7. The molecule has 0 aliphatic carbocycles. The SMILES string of the molecule is CSc1ccc(S(=O)(=O)N2CCC(C(=O)Nc3nc4ccc(Br)cc4s3)CC2)cc1. The van der Waals surface area contributed by atoms with E-state index in [4.69, 9.17) is 0 Å². The molecule has 1 aromatic heterocycles. The van der Waals surface area contributed by atoms with Gasteiger partial charge in [0.05, 0.1) is 15.1 Å². The fourth-order valence-corrected chi connectivity index (χ4v) is 6.71. The zero-order chi connectivity index (χ0) is 21.3. The minimum absolute atomic E-state index is 0.102. The van der Waals surface area contributed by atoms with Gasteiger partial charge in [-0.25, -0.2) is 13.4 Å². The first-order valence-electron chi connectivity index (χ1n) is 9.38. The minimum atomic E-state index is -3.54. The summed E-state index contributed by atoms with van der Waals surface area (Å²) < 4.78 is 29.2. The summed E-state index contributed by atoms with van der Waals surface area (Å²) in [6.45, 7) is 0.662. The van der Waals surface area contributed by atoms with Crippen molar-refractivity contribution in [2.24, 2.45) is 5.92 Å². The van der Waals surface area contributed by atoms with Crippen LogP contribution < -0.4 is 5.32 Å². The molecule has 1 saturated heterocycles. The van der Waals surface area contributed by atoms with Gasteiger partial charge in [-0.1, -0.05) is 27.3 Å². The van der Waals surface area contributed by atoms with Gasteiger partial charge < -0.3 is 5.32 Å². The Balaban J connectivity index is 1.38. The van der Waals surface area contributed by atoms with Crippen LogP contribution in [0.2, 0.25) is 0 Å². The van der Waals surface area contributed by atoms with Gasteiger partial charge in [-0.3, -0.25) is 4.79 Å². The van der Waals surface area contributed by atoms with Crippen molar-refractivity contribution in [2.75, 3.05) is 24.7 Å². The highest BCUT2D eigenvalue weighted by Gasteiger charge is 2.32. The van der Waals surface area contributed by atoms with Crippen molar-refractivity contribution in [1.82, 2.24) is 9.29 Å². The smallest absolute Gasteiger partial charge is 0.243 e. The lowest BCUT2D eigenvalue weighted by atomic mass is 9.97. The summed E-state index contributed by atoms with van der Waals surface area (Å²) in [6.07, 6.45) is 2.93. The lowest BCUT2D eigenvalue weighted by Crippen LogP contribution is -2.41. The minimum Gasteiger partial charge on any atom is -0.302 e. The predicted octanol–water partition coefficient (Wildman–Crippen LogP) is 4.82. The molecule has 3 aromatic rings. The van der Waals surface area contributed by atoms with E-state index in [0.717, 1.165) is 19.6 Å². The molecule has 158 valence electrons. The Hall–Kier alpha value is -1.46. The molecule has 0 saturated carbocycles. The van der Waals surface area contributed by atoms with Gasteiger partial charge in [0.15, 0.2) is 5.13 Å². The van der Waals surface area contributed by atoms with Crippen LogP contribution in [-0.4, -0.2) is 43.0 Å². The number of piperidine rings is 1. The Labute approximate surface area is 192 Å². The normalized spacial score (nSPS) is 16.1. The number of thiazole rings is 1. The summed E-state index contributed by atoms with van der Waals surface area (Å²) >= 11 is 6.44. The van der Waals surface area contributed by atoms with Gasteiger partial charge in [0.2, 0.25) is 15.9 Å². The molecule has 6 nitrogen and oxygen atoms in total. The van der Waals surface area contributed by atoms with Gasteiger partial charge in [-0.2, -0.15) is 4.31 Å². The van der Waals surface area contributed by atoms with Crippen molar-refractivity contribution in [3.63, 3.8) is 0 Å². The third kappa shape index (κ3) is 4.57. The zero-order valence-corrected chi connectivity index (χ0v) is 20.2. The van der Waals surface area contributed by atoms with Gasteiger partial charge >= 0.3 is 0 Å². The Morgan fingerprint density at radius 2 is 1.90 bits per heavy atom. The molecular formula is C20H20BrN3O3S3. The number of fused-ring (bicyclic) bond motifs is 1. The molecule has 10 heteroatoms. The first kappa shape index (κ1) is 21.8. The Kier molecular flexibility index (Phi) is 6.50. The largest absolute Gasteiger partial charge is 0.302 e. The highest BCUT2D eigenvalue weighted by Crippen LogP contribution is 2.30. The van der Waals surface area contributed by atoms with Crippen LogP contribution in [0.15, 0.2) is 56.7 Å². The average molecular weight is 527 g/mol. The second-order valence-corrected chi connectivity index (χ2v) is 11.7. The maximum absolute atomic E-state index is 12.9. The molecule has 0 radical (unpaired) electrons. The molecule has 1 fully saturated rings. The van der Waals surface area contributed by atoms with E-state index in [1.54, 1.807) is 23.9 Å². The first-order valence-corrected chi connectivity index (χ1v) is 13.7. The number of anilines is 1. The van der Waals surface area contributed by atoms with Gasteiger partial charge in [-0.05, 0) is 61.6 Å². The molecule has 1 amide bonds. The molecule has 1 aliphatic rings. The molecule has 0 atom stereocenters. The Morgan fingerprint density at radius 3 is 2.57 bits per heavy atom. The number of carbonyl (C=O) groups is 1. The number of carbonyl (C=O) groups excluding carboxylic acids is 1. The quantitative estimate of drug-likeness (QED) is 0.483. The van der Waals surface area contributed by atoms with Crippen LogP contribution in [0.5, 0.6) is 0 Å². The number of hydrogen-bond donors (Lipinski definition) is 1. The highest BCUT2D eigenvalue weighted by molar-refractivity contribution is 9.10. The first-order chi connectivity index (χ1) is 14.4. The maximum atomic E-state index is 12.9. The average Bonchev–Trinajstić information content (AvgIpc) is 3.15. The van der Waals surface area contributed by atoms with Crippen molar-refractivity contribution in [3.05, 3.63) is 46.9 Å². The molecule has 0 bridgehead atoms. The fraction of sp³-hybridized carbons (Fsp3) is 0.300. The van der Waals surface area contributed by atoms with Crippen molar-refractivity contribution >= 4 is 70.3 Å². The number of benzene rings is 2.